The topological polar surface area (TPSA) is 114 Å². The van der Waals surface area contributed by atoms with Crippen LogP contribution in [0.4, 0.5) is 0 Å². The first-order valence-electron chi connectivity index (χ1n) is 16.6. The van der Waals surface area contributed by atoms with Gasteiger partial charge in [0.2, 0.25) is 16.9 Å². The number of benzene rings is 5. The Balaban J connectivity index is 1.42. The lowest BCUT2D eigenvalue weighted by Crippen LogP contribution is -2.27. The third-order valence-electron chi connectivity index (χ3n) is 8.47. The predicted octanol–water partition coefficient (Wildman–Crippen LogP) is 9.18. The highest BCUT2D eigenvalue weighted by Crippen LogP contribution is 2.40. The van der Waals surface area contributed by atoms with Crippen molar-refractivity contribution in [2.45, 2.75) is 47.0 Å². The van der Waals surface area contributed by atoms with Crippen molar-refractivity contribution in [2.75, 3.05) is 0 Å². The second-order valence-electron chi connectivity index (χ2n) is 12.6. The van der Waals surface area contributed by atoms with E-state index in [9.17, 15) is 14.7 Å². The lowest BCUT2D eigenvalue weighted by molar-refractivity contribution is -0.224. The molecule has 0 aliphatic rings. The first-order valence-corrected chi connectivity index (χ1v) is 16.6. The third kappa shape index (κ3) is 8.33. The van der Waals surface area contributed by atoms with Gasteiger partial charge in [-0.1, -0.05) is 97.9 Å². The molecule has 0 saturated heterocycles. The number of phenolic OH excluding ortho intramolecular Hbond substituents is 1. The van der Waals surface area contributed by atoms with Crippen molar-refractivity contribution >= 4 is 16.9 Å². The lowest BCUT2D eigenvalue weighted by Gasteiger charge is -2.20. The largest absolute Gasteiger partial charge is 0.507 e. The van der Waals surface area contributed by atoms with Gasteiger partial charge in [-0.2, -0.15) is 0 Å². The molecule has 0 amide bonds. The normalized spacial score (nSPS) is 11.2. The zero-order valence-electron chi connectivity index (χ0n) is 28.6. The van der Waals surface area contributed by atoms with E-state index in [-0.39, 0.29) is 59.5 Å². The molecule has 1 aromatic heterocycles. The maximum absolute atomic E-state index is 14.1. The molecule has 0 aliphatic carbocycles. The van der Waals surface area contributed by atoms with Crippen molar-refractivity contribution in [3.8, 4) is 40.1 Å². The van der Waals surface area contributed by atoms with Crippen LogP contribution < -0.4 is 24.5 Å². The van der Waals surface area contributed by atoms with Crippen LogP contribution in [0.25, 0.3) is 22.3 Å². The zero-order chi connectivity index (χ0) is 35.8. The van der Waals surface area contributed by atoms with Crippen LogP contribution in [0.1, 0.15) is 43.9 Å². The van der Waals surface area contributed by atoms with Gasteiger partial charge in [0.1, 0.15) is 42.3 Å². The van der Waals surface area contributed by atoms with Crippen LogP contribution in [0, 0.1) is 5.41 Å². The molecule has 6 aromatic rings. The van der Waals surface area contributed by atoms with E-state index in [2.05, 4.69) is 0 Å². The van der Waals surface area contributed by atoms with E-state index in [0.717, 1.165) is 16.7 Å². The van der Waals surface area contributed by atoms with Crippen LogP contribution in [0.5, 0.6) is 28.7 Å². The van der Waals surface area contributed by atoms with E-state index in [0.29, 0.717) is 17.7 Å². The van der Waals surface area contributed by atoms with Crippen LogP contribution in [-0.4, -0.2) is 11.1 Å². The van der Waals surface area contributed by atoms with E-state index in [1.807, 2.05) is 97.9 Å². The Morgan fingerprint density at radius 2 is 1.27 bits per heavy atom. The fourth-order valence-corrected chi connectivity index (χ4v) is 5.04. The van der Waals surface area contributed by atoms with Crippen LogP contribution >= 0.6 is 0 Å². The third-order valence-corrected chi connectivity index (χ3v) is 8.47. The molecular weight excluding hydrogens is 648 g/mol. The molecule has 1 N–H and O–H groups in total. The first kappa shape index (κ1) is 34.6. The van der Waals surface area contributed by atoms with Gasteiger partial charge in [-0.15, -0.1) is 0 Å². The van der Waals surface area contributed by atoms with Crippen LogP contribution in [0.2, 0.25) is 0 Å². The number of fused-ring (bicyclic) bond motifs is 1. The van der Waals surface area contributed by atoms with E-state index < -0.39 is 16.8 Å². The van der Waals surface area contributed by atoms with Crippen molar-refractivity contribution in [3.05, 3.63) is 148 Å². The maximum Gasteiger partial charge on any atom is 0.360 e. The Morgan fingerprint density at radius 1 is 0.706 bits per heavy atom. The average Bonchev–Trinajstić information content (AvgIpc) is 3.16. The van der Waals surface area contributed by atoms with Crippen LogP contribution in [-0.2, 0) is 29.5 Å². The van der Waals surface area contributed by atoms with Crippen molar-refractivity contribution < 1.29 is 38.3 Å². The Morgan fingerprint density at radius 3 is 1.86 bits per heavy atom. The quantitative estimate of drug-likeness (QED) is 0.0885. The Hall–Kier alpha value is -6.22. The average molecular weight is 687 g/mol. The molecule has 9 heteroatoms. The summed E-state index contributed by atoms with van der Waals surface area (Å²) >= 11 is 0. The monoisotopic (exact) mass is 686 g/mol. The Labute approximate surface area is 295 Å². The maximum atomic E-state index is 14.1. The van der Waals surface area contributed by atoms with Crippen molar-refractivity contribution in [1.82, 2.24) is 0 Å². The standard InChI is InChI=1S/C42H38O9/c1-4-42(2,3)41(45)51-50-35-22-31(20-21-34(35)47-26-29-16-10-6-11-17-29)39-40(48-27-30-18-12-7-13-19-30)38(44)37-33(43)23-32(24-36(37)49-39)46-25-28-14-8-5-9-15-28/h5-24,43H,4,25-27H2,1-3H3. The summed E-state index contributed by atoms with van der Waals surface area (Å²) in [6.45, 7) is 5.90. The van der Waals surface area contributed by atoms with Crippen LogP contribution in [0.3, 0.4) is 0 Å². The fraction of sp³-hybridized carbons (Fsp3) is 0.190. The molecule has 0 saturated carbocycles. The van der Waals surface area contributed by atoms with Crippen molar-refractivity contribution in [1.29, 1.82) is 0 Å². The van der Waals surface area contributed by atoms with Crippen molar-refractivity contribution in [3.63, 3.8) is 0 Å². The highest BCUT2D eigenvalue weighted by atomic mass is 17.2. The molecule has 0 spiro atoms. The summed E-state index contributed by atoms with van der Waals surface area (Å²) in [5.41, 5.74) is 1.71. The summed E-state index contributed by atoms with van der Waals surface area (Å²) in [7, 11) is 0. The van der Waals surface area contributed by atoms with Gasteiger partial charge in [-0.25, -0.2) is 9.68 Å². The SMILES string of the molecule is CCC(C)(C)C(=O)OOc1cc(-c2oc3cc(OCc4ccccc4)cc(O)c3c(=O)c2OCc2ccccc2)ccc1OCc1ccccc1. The second-order valence-corrected chi connectivity index (χ2v) is 12.6. The fourth-order valence-electron chi connectivity index (χ4n) is 5.04. The molecule has 0 atom stereocenters. The number of carbonyl (C=O) groups excluding carboxylic acids is 1. The highest BCUT2D eigenvalue weighted by Gasteiger charge is 2.30. The highest BCUT2D eigenvalue weighted by molar-refractivity contribution is 5.88. The molecule has 260 valence electrons. The summed E-state index contributed by atoms with van der Waals surface area (Å²) in [6, 6.07) is 36.3. The summed E-state index contributed by atoms with van der Waals surface area (Å²) in [6.07, 6.45) is 0.529. The molecule has 0 unspecified atom stereocenters. The van der Waals surface area contributed by atoms with E-state index in [4.69, 9.17) is 28.4 Å². The number of ether oxygens (including phenoxy) is 3. The minimum Gasteiger partial charge on any atom is -0.507 e. The first-order chi connectivity index (χ1) is 24.7. The molecule has 0 fully saturated rings. The number of hydrogen-bond donors (Lipinski definition) is 1. The number of rotatable bonds is 14. The van der Waals surface area contributed by atoms with Gasteiger partial charge < -0.3 is 23.7 Å². The predicted molar refractivity (Wildman–Crippen MR) is 193 cm³/mol. The second kappa shape index (κ2) is 15.6. The molecule has 9 nitrogen and oxygen atoms in total. The molecule has 0 radical (unpaired) electrons. The lowest BCUT2D eigenvalue weighted by atomic mass is 9.91. The molecule has 0 aliphatic heterocycles. The van der Waals surface area contributed by atoms with Gasteiger partial charge in [-0.3, -0.25) is 9.68 Å². The number of phenols is 1. The van der Waals surface area contributed by atoms with Crippen molar-refractivity contribution in [2.24, 2.45) is 5.41 Å². The van der Waals surface area contributed by atoms with Gasteiger partial charge >= 0.3 is 5.97 Å². The molecule has 51 heavy (non-hydrogen) atoms. The van der Waals surface area contributed by atoms with Gasteiger partial charge in [0.05, 0.1) is 5.41 Å². The molecule has 5 aromatic carbocycles. The summed E-state index contributed by atoms with van der Waals surface area (Å²) in [5.74, 6) is -0.297. The summed E-state index contributed by atoms with van der Waals surface area (Å²) in [5, 5.41) is 11.0. The Bertz CT molecular complexity index is 2160. The summed E-state index contributed by atoms with van der Waals surface area (Å²) < 4.78 is 24.6. The van der Waals surface area contributed by atoms with Gasteiger partial charge in [0.25, 0.3) is 0 Å². The molecule has 6 rings (SSSR count). The van der Waals surface area contributed by atoms with E-state index in [1.165, 1.54) is 6.07 Å². The number of carbonyl (C=O) groups is 1. The van der Waals surface area contributed by atoms with Gasteiger partial charge in [0, 0.05) is 23.8 Å². The van der Waals surface area contributed by atoms with E-state index >= 15 is 0 Å². The molecule has 1 heterocycles. The van der Waals surface area contributed by atoms with Gasteiger partial charge in [-0.05, 0) is 49.1 Å². The van der Waals surface area contributed by atoms with E-state index in [1.54, 1.807) is 38.1 Å². The summed E-state index contributed by atoms with van der Waals surface area (Å²) in [4.78, 5) is 37.9. The Kier molecular flexibility index (Phi) is 10.6. The van der Waals surface area contributed by atoms with Gasteiger partial charge in [0.15, 0.2) is 11.5 Å². The molecular formula is C42H38O9. The number of hydrogen-bond acceptors (Lipinski definition) is 9. The smallest absolute Gasteiger partial charge is 0.360 e. The zero-order valence-corrected chi connectivity index (χ0v) is 28.6. The number of aromatic hydroxyl groups is 1. The minimum absolute atomic E-state index is 0.0501. The minimum atomic E-state index is -0.797. The molecule has 0 bridgehead atoms. The van der Waals surface area contributed by atoms with Crippen LogP contribution in [0.15, 0.2) is 131 Å².